The molecule has 0 spiro atoms. The first kappa shape index (κ1) is 8.12. The highest BCUT2D eigenvalue weighted by Crippen LogP contribution is 2.45. The molecule has 1 fully saturated rings. The lowest BCUT2D eigenvalue weighted by molar-refractivity contribution is -0.386. The molecule has 0 unspecified atom stereocenters. The lowest BCUT2D eigenvalue weighted by Gasteiger charge is -2.07. The monoisotopic (exact) mass is 179 g/mol. The zero-order valence-corrected chi connectivity index (χ0v) is 6.93. The van der Waals surface area contributed by atoms with E-state index in [4.69, 9.17) is 5.73 Å². The van der Waals surface area contributed by atoms with Crippen molar-refractivity contribution in [1.82, 2.24) is 4.98 Å². The van der Waals surface area contributed by atoms with Crippen molar-refractivity contribution in [2.45, 2.75) is 18.4 Å². The Balaban J connectivity index is 2.50. The predicted molar refractivity (Wildman–Crippen MR) is 46.0 cm³/mol. The van der Waals surface area contributed by atoms with E-state index in [0.717, 1.165) is 12.8 Å². The smallest absolute Gasteiger partial charge is 0.292 e. The Morgan fingerprint density at radius 2 is 2.31 bits per heavy atom. The second-order valence-corrected chi connectivity index (χ2v) is 3.31. The number of hydrogen-bond acceptors (Lipinski definition) is 4. The minimum absolute atomic E-state index is 0.0301. The summed E-state index contributed by atoms with van der Waals surface area (Å²) in [5, 5.41) is 10.6. The molecule has 1 aromatic heterocycles. The van der Waals surface area contributed by atoms with Crippen molar-refractivity contribution in [2.24, 2.45) is 5.73 Å². The van der Waals surface area contributed by atoms with Gasteiger partial charge >= 0.3 is 0 Å². The lowest BCUT2D eigenvalue weighted by atomic mass is 10.1. The molecule has 0 saturated heterocycles. The fraction of sp³-hybridized carbons (Fsp3) is 0.375. The maximum Gasteiger partial charge on any atom is 0.292 e. The van der Waals surface area contributed by atoms with Crippen molar-refractivity contribution < 1.29 is 4.92 Å². The van der Waals surface area contributed by atoms with E-state index in [1.165, 1.54) is 12.4 Å². The van der Waals surface area contributed by atoms with E-state index in [-0.39, 0.29) is 5.69 Å². The molecule has 0 bridgehead atoms. The van der Waals surface area contributed by atoms with Crippen molar-refractivity contribution in [3.05, 3.63) is 34.1 Å². The Kier molecular flexibility index (Phi) is 1.56. The molecule has 1 saturated carbocycles. The molecule has 1 aliphatic rings. The molecule has 1 aliphatic carbocycles. The van der Waals surface area contributed by atoms with Crippen LogP contribution < -0.4 is 5.73 Å². The Morgan fingerprint density at radius 1 is 1.62 bits per heavy atom. The van der Waals surface area contributed by atoms with Crippen molar-refractivity contribution in [3.8, 4) is 0 Å². The average molecular weight is 179 g/mol. The van der Waals surface area contributed by atoms with Crippen molar-refractivity contribution in [2.75, 3.05) is 0 Å². The van der Waals surface area contributed by atoms with Crippen LogP contribution in [0.3, 0.4) is 0 Å². The molecule has 1 heterocycles. The summed E-state index contributed by atoms with van der Waals surface area (Å²) in [5.74, 6) is 0. The van der Waals surface area contributed by atoms with Crippen LogP contribution in [0.1, 0.15) is 18.4 Å². The third-order valence-corrected chi connectivity index (χ3v) is 2.32. The topological polar surface area (TPSA) is 82.0 Å². The molecule has 13 heavy (non-hydrogen) atoms. The van der Waals surface area contributed by atoms with Crippen LogP contribution in [0.4, 0.5) is 5.69 Å². The SMILES string of the molecule is NC1(c2ccncc2[N+](=O)[O-])CC1. The third kappa shape index (κ3) is 1.27. The molecule has 1 aromatic rings. The number of hydrogen-bond donors (Lipinski definition) is 1. The molecule has 0 atom stereocenters. The summed E-state index contributed by atoms with van der Waals surface area (Å²) in [6.45, 7) is 0. The number of pyridine rings is 1. The molecule has 2 N–H and O–H groups in total. The Labute approximate surface area is 74.7 Å². The van der Waals surface area contributed by atoms with Crippen molar-refractivity contribution in [3.63, 3.8) is 0 Å². The standard InChI is InChI=1S/C8H9N3O2/c9-8(2-3-8)6-1-4-10-5-7(6)11(12)13/h1,4-5H,2-3,9H2. The van der Waals surface area contributed by atoms with Crippen LogP contribution in [-0.4, -0.2) is 9.91 Å². The molecule has 0 aliphatic heterocycles. The number of aromatic nitrogens is 1. The first-order valence-corrected chi connectivity index (χ1v) is 4.01. The maximum absolute atomic E-state index is 10.6. The second kappa shape index (κ2) is 2.50. The van der Waals surface area contributed by atoms with E-state index in [9.17, 15) is 10.1 Å². The predicted octanol–water partition coefficient (Wildman–Crippen LogP) is 0.938. The molecule has 5 nitrogen and oxygen atoms in total. The van der Waals surface area contributed by atoms with E-state index in [2.05, 4.69) is 4.98 Å². The highest BCUT2D eigenvalue weighted by atomic mass is 16.6. The van der Waals surface area contributed by atoms with Gasteiger partial charge in [-0.25, -0.2) is 0 Å². The minimum Gasteiger partial charge on any atom is -0.321 e. The van der Waals surface area contributed by atoms with Crippen LogP contribution in [0.2, 0.25) is 0 Å². The fourth-order valence-corrected chi connectivity index (χ4v) is 1.36. The van der Waals surface area contributed by atoms with E-state index < -0.39 is 10.5 Å². The molecular weight excluding hydrogens is 170 g/mol. The van der Waals surface area contributed by atoms with E-state index in [1.807, 2.05) is 0 Å². The normalized spacial score (nSPS) is 18.2. The average Bonchev–Trinajstić information content (AvgIpc) is 2.85. The Bertz CT molecular complexity index is 360. The summed E-state index contributed by atoms with van der Waals surface area (Å²) >= 11 is 0. The van der Waals surface area contributed by atoms with Gasteiger partial charge in [0.1, 0.15) is 6.20 Å². The van der Waals surface area contributed by atoms with Crippen LogP contribution in [0.5, 0.6) is 0 Å². The second-order valence-electron chi connectivity index (χ2n) is 3.31. The fourth-order valence-electron chi connectivity index (χ4n) is 1.36. The number of nitrogens with two attached hydrogens (primary N) is 1. The lowest BCUT2D eigenvalue weighted by Crippen LogP contribution is -2.20. The number of nitrogens with zero attached hydrogens (tertiary/aromatic N) is 2. The molecule has 2 rings (SSSR count). The summed E-state index contributed by atoms with van der Waals surface area (Å²) < 4.78 is 0. The van der Waals surface area contributed by atoms with Gasteiger partial charge in [0.15, 0.2) is 0 Å². The summed E-state index contributed by atoms with van der Waals surface area (Å²) in [5.41, 5.74) is 6.04. The minimum atomic E-state index is -0.467. The molecule has 0 amide bonds. The zero-order valence-electron chi connectivity index (χ0n) is 6.93. The molecule has 5 heteroatoms. The van der Waals surface area contributed by atoms with Gasteiger partial charge in [0, 0.05) is 11.7 Å². The quantitative estimate of drug-likeness (QED) is 0.541. The maximum atomic E-state index is 10.6. The molecule has 0 aromatic carbocycles. The number of nitro groups is 1. The van der Waals surface area contributed by atoms with Gasteiger partial charge in [0.25, 0.3) is 5.69 Å². The van der Waals surface area contributed by atoms with Crippen molar-refractivity contribution >= 4 is 5.69 Å². The highest BCUT2D eigenvalue weighted by molar-refractivity contribution is 5.44. The van der Waals surface area contributed by atoms with Gasteiger partial charge in [-0.1, -0.05) is 0 Å². The summed E-state index contributed by atoms with van der Waals surface area (Å²) in [7, 11) is 0. The third-order valence-electron chi connectivity index (χ3n) is 2.32. The van der Waals surface area contributed by atoms with E-state index in [1.54, 1.807) is 6.07 Å². The largest absolute Gasteiger partial charge is 0.321 e. The molecular formula is C8H9N3O2. The summed E-state index contributed by atoms with van der Waals surface area (Å²) in [4.78, 5) is 13.9. The van der Waals surface area contributed by atoms with Gasteiger partial charge in [0.05, 0.1) is 10.5 Å². The van der Waals surface area contributed by atoms with Crippen LogP contribution in [0, 0.1) is 10.1 Å². The summed E-state index contributed by atoms with van der Waals surface area (Å²) in [6.07, 6.45) is 4.42. The molecule has 68 valence electrons. The van der Waals surface area contributed by atoms with Crippen LogP contribution in [0.15, 0.2) is 18.5 Å². The first-order valence-electron chi connectivity index (χ1n) is 4.01. The van der Waals surface area contributed by atoms with Gasteiger partial charge < -0.3 is 5.73 Å². The zero-order chi connectivity index (χ0) is 9.47. The van der Waals surface area contributed by atoms with Crippen molar-refractivity contribution in [1.29, 1.82) is 0 Å². The van der Waals surface area contributed by atoms with Crippen LogP contribution in [-0.2, 0) is 5.54 Å². The van der Waals surface area contributed by atoms with E-state index >= 15 is 0 Å². The van der Waals surface area contributed by atoms with Gasteiger partial charge in [-0.3, -0.25) is 15.1 Å². The van der Waals surface area contributed by atoms with Gasteiger partial charge in [-0.2, -0.15) is 0 Å². The Hall–Kier alpha value is -1.49. The molecule has 0 radical (unpaired) electrons. The first-order chi connectivity index (χ1) is 6.13. The highest BCUT2D eigenvalue weighted by Gasteiger charge is 2.44. The summed E-state index contributed by atoms with van der Waals surface area (Å²) in [6, 6.07) is 1.63. The van der Waals surface area contributed by atoms with Gasteiger partial charge in [-0.05, 0) is 18.9 Å². The van der Waals surface area contributed by atoms with Crippen LogP contribution >= 0.6 is 0 Å². The van der Waals surface area contributed by atoms with Gasteiger partial charge in [-0.15, -0.1) is 0 Å². The number of rotatable bonds is 2. The Morgan fingerprint density at radius 3 is 2.85 bits per heavy atom. The van der Waals surface area contributed by atoms with Crippen LogP contribution in [0.25, 0.3) is 0 Å². The van der Waals surface area contributed by atoms with E-state index in [0.29, 0.717) is 5.56 Å². The van der Waals surface area contributed by atoms with Gasteiger partial charge in [0.2, 0.25) is 0 Å².